The molecule has 23 heavy (non-hydrogen) atoms. The van der Waals surface area contributed by atoms with Crippen LogP contribution in [0, 0.1) is 10.8 Å². The normalized spacial score (nSPS) is 28.1. The predicted octanol–water partition coefficient (Wildman–Crippen LogP) is 3.97. The largest absolute Gasteiger partial charge is 0.309 e. The third-order valence-electron chi connectivity index (χ3n) is 6.32. The molecule has 1 aliphatic carbocycles. The van der Waals surface area contributed by atoms with Crippen molar-refractivity contribution < 1.29 is 4.79 Å². The molecule has 3 heteroatoms. The van der Waals surface area contributed by atoms with Gasteiger partial charge in [-0.15, -0.1) is 0 Å². The Bertz CT molecular complexity index is 387. The molecule has 0 radical (unpaired) electrons. The molecule has 1 saturated carbocycles. The minimum atomic E-state index is 0.0348. The Hall–Kier alpha value is -0.410. The van der Waals surface area contributed by atoms with Crippen LogP contribution in [0.2, 0.25) is 0 Å². The number of likely N-dealkylation sites (tertiary alicyclic amines) is 1. The predicted molar refractivity (Wildman–Crippen MR) is 97.8 cm³/mol. The second kappa shape index (κ2) is 8.11. The minimum absolute atomic E-state index is 0.0348. The van der Waals surface area contributed by atoms with Gasteiger partial charge in [0, 0.05) is 18.4 Å². The van der Waals surface area contributed by atoms with Crippen LogP contribution in [0.4, 0.5) is 0 Å². The lowest BCUT2D eigenvalue weighted by molar-refractivity contribution is -0.137. The van der Waals surface area contributed by atoms with E-state index < -0.39 is 0 Å². The molecular weight excluding hydrogens is 284 g/mol. The molecule has 3 nitrogen and oxygen atoms in total. The molecule has 0 aromatic carbocycles. The van der Waals surface area contributed by atoms with Crippen LogP contribution >= 0.6 is 0 Å². The van der Waals surface area contributed by atoms with Crippen molar-refractivity contribution in [1.29, 1.82) is 0 Å². The summed E-state index contributed by atoms with van der Waals surface area (Å²) < 4.78 is 0. The molecule has 0 aromatic rings. The Morgan fingerprint density at radius 1 is 1.09 bits per heavy atom. The van der Waals surface area contributed by atoms with Crippen LogP contribution in [0.1, 0.15) is 71.6 Å². The number of Topliss-reactive ketones (excluding diaryl/α,β-unsaturated/α-hetero) is 1. The fraction of sp³-hybridized carbons (Fsp3) is 0.950. The first kappa shape index (κ1) is 18.9. The highest BCUT2D eigenvalue weighted by molar-refractivity contribution is 5.86. The molecule has 1 aliphatic heterocycles. The average Bonchev–Trinajstić information content (AvgIpc) is 2.87. The molecule has 1 spiro atoms. The van der Waals surface area contributed by atoms with Crippen molar-refractivity contribution in [3.63, 3.8) is 0 Å². The monoisotopic (exact) mass is 322 g/mol. The number of nitrogens with zero attached hydrogens (tertiary/aromatic N) is 2. The van der Waals surface area contributed by atoms with Crippen molar-refractivity contribution in [3.8, 4) is 0 Å². The van der Waals surface area contributed by atoms with E-state index in [1.807, 2.05) is 0 Å². The summed E-state index contributed by atoms with van der Waals surface area (Å²) in [7, 11) is 4.29. The number of carbonyl (C=O) groups is 1. The lowest BCUT2D eigenvalue weighted by atomic mass is 9.59. The zero-order valence-corrected chi connectivity index (χ0v) is 16.0. The fourth-order valence-electron chi connectivity index (χ4n) is 5.05. The van der Waals surface area contributed by atoms with E-state index in [0.717, 1.165) is 38.5 Å². The maximum atomic E-state index is 13.0. The van der Waals surface area contributed by atoms with Gasteiger partial charge in [0.05, 0.1) is 0 Å². The van der Waals surface area contributed by atoms with E-state index in [4.69, 9.17) is 0 Å². The first-order valence-corrected chi connectivity index (χ1v) is 9.86. The summed E-state index contributed by atoms with van der Waals surface area (Å²) in [5.41, 5.74) is 0.354. The van der Waals surface area contributed by atoms with Crippen LogP contribution in [-0.4, -0.2) is 55.9 Å². The van der Waals surface area contributed by atoms with Gasteiger partial charge in [-0.1, -0.05) is 26.7 Å². The van der Waals surface area contributed by atoms with Crippen molar-refractivity contribution in [2.75, 3.05) is 40.3 Å². The van der Waals surface area contributed by atoms with Crippen LogP contribution < -0.4 is 0 Å². The third kappa shape index (κ3) is 4.57. The first-order valence-electron chi connectivity index (χ1n) is 9.86. The number of rotatable bonds is 8. The van der Waals surface area contributed by atoms with E-state index in [9.17, 15) is 4.79 Å². The molecule has 0 aromatic heterocycles. The van der Waals surface area contributed by atoms with Gasteiger partial charge >= 0.3 is 0 Å². The van der Waals surface area contributed by atoms with Gasteiger partial charge in [0.2, 0.25) is 0 Å². The van der Waals surface area contributed by atoms with Crippen molar-refractivity contribution in [1.82, 2.24) is 9.80 Å². The molecular formula is C20H38N2O. The summed E-state index contributed by atoms with van der Waals surface area (Å²) in [4.78, 5) is 17.9. The standard InChI is InChI=1S/C20H38N2O/c1-5-8-20(9-6-2)11-10-19(16-18(20)23)12-15-22(17-19)14-7-13-21(3)4/h5-17H2,1-4H3. The SMILES string of the molecule is CCCC1(CCC)CCC2(CCN(CCCN(C)C)C2)CC1=O. The van der Waals surface area contributed by atoms with Gasteiger partial charge in [0.1, 0.15) is 5.78 Å². The Morgan fingerprint density at radius 2 is 1.78 bits per heavy atom. The minimum Gasteiger partial charge on any atom is -0.309 e. The molecule has 1 heterocycles. The van der Waals surface area contributed by atoms with Crippen molar-refractivity contribution >= 4 is 5.78 Å². The maximum Gasteiger partial charge on any atom is 0.139 e. The summed E-state index contributed by atoms with van der Waals surface area (Å²) in [5, 5.41) is 0. The van der Waals surface area contributed by atoms with Gasteiger partial charge in [0.15, 0.2) is 0 Å². The van der Waals surface area contributed by atoms with Crippen molar-refractivity contribution in [2.45, 2.75) is 71.6 Å². The van der Waals surface area contributed by atoms with Crippen LogP contribution in [-0.2, 0) is 4.79 Å². The molecule has 2 aliphatic rings. The number of carbonyl (C=O) groups excluding carboxylic acids is 1. The molecule has 2 rings (SSSR count). The van der Waals surface area contributed by atoms with Gasteiger partial charge in [-0.05, 0) is 77.7 Å². The summed E-state index contributed by atoms with van der Waals surface area (Å²) >= 11 is 0. The number of ketones is 1. The van der Waals surface area contributed by atoms with Crippen LogP contribution in [0.3, 0.4) is 0 Å². The second-order valence-corrected chi connectivity index (χ2v) is 8.56. The quantitative estimate of drug-likeness (QED) is 0.675. The van der Waals surface area contributed by atoms with E-state index in [2.05, 4.69) is 37.7 Å². The van der Waals surface area contributed by atoms with Gasteiger partial charge in [-0.25, -0.2) is 0 Å². The topological polar surface area (TPSA) is 23.6 Å². The Balaban J connectivity index is 1.90. The van der Waals surface area contributed by atoms with Crippen LogP contribution in [0.25, 0.3) is 0 Å². The first-order chi connectivity index (χ1) is 11.0. The van der Waals surface area contributed by atoms with Crippen LogP contribution in [0.15, 0.2) is 0 Å². The lowest BCUT2D eigenvalue weighted by Gasteiger charge is -2.44. The highest BCUT2D eigenvalue weighted by atomic mass is 16.1. The molecule has 2 fully saturated rings. The molecule has 1 unspecified atom stereocenters. The average molecular weight is 323 g/mol. The summed E-state index contributed by atoms with van der Waals surface area (Å²) in [6.45, 7) is 9.20. The smallest absolute Gasteiger partial charge is 0.139 e. The summed E-state index contributed by atoms with van der Waals surface area (Å²) in [6, 6.07) is 0. The third-order valence-corrected chi connectivity index (χ3v) is 6.32. The summed E-state index contributed by atoms with van der Waals surface area (Å²) in [5.74, 6) is 0.600. The Kier molecular flexibility index (Phi) is 6.67. The molecule has 1 saturated heterocycles. The van der Waals surface area contributed by atoms with Crippen molar-refractivity contribution in [3.05, 3.63) is 0 Å². The van der Waals surface area contributed by atoms with Gasteiger partial charge < -0.3 is 9.80 Å². The highest BCUT2D eigenvalue weighted by Crippen LogP contribution is 2.51. The van der Waals surface area contributed by atoms with E-state index >= 15 is 0 Å². The summed E-state index contributed by atoms with van der Waals surface area (Å²) in [6.07, 6.45) is 10.3. The lowest BCUT2D eigenvalue weighted by Crippen LogP contribution is -2.43. The maximum absolute atomic E-state index is 13.0. The van der Waals surface area contributed by atoms with Gasteiger partial charge in [-0.3, -0.25) is 4.79 Å². The zero-order chi connectivity index (χ0) is 16.9. The Labute approximate surface area is 143 Å². The van der Waals surface area contributed by atoms with Gasteiger partial charge in [-0.2, -0.15) is 0 Å². The molecule has 0 N–H and O–H groups in total. The highest BCUT2D eigenvalue weighted by Gasteiger charge is 2.49. The van der Waals surface area contributed by atoms with E-state index in [1.165, 1.54) is 45.4 Å². The van der Waals surface area contributed by atoms with E-state index in [-0.39, 0.29) is 5.41 Å². The number of hydrogen-bond acceptors (Lipinski definition) is 3. The zero-order valence-electron chi connectivity index (χ0n) is 16.0. The fourth-order valence-corrected chi connectivity index (χ4v) is 5.05. The van der Waals surface area contributed by atoms with Crippen molar-refractivity contribution in [2.24, 2.45) is 10.8 Å². The molecule has 0 amide bonds. The molecule has 134 valence electrons. The second-order valence-electron chi connectivity index (χ2n) is 8.56. The van der Waals surface area contributed by atoms with Crippen LogP contribution in [0.5, 0.6) is 0 Å². The van der Waals surface area contributed by atoms with E-state index in [0.29, 0.717) is 11.2 Å². The Morgan fingerprint density at radius 3 is 2.35 bits per heavy atom. The number of hydrogen-bond donors (Lipinski definition) is 0. The molecule has 1 atom stereocenters. The van der Waals surface area contributed by atoms with Gasteiger partial charge in [0.25, 0.3) is 0 Å². The molecule has 0 bridgehead atoms. The van der Waals surface area contributed by atoms with E-state index in [1.54, 1.807) is 0 Å².